The van der Waals surface area contributed by atoms with E-state index in [2.05, 4.69) is 15.5 Å². The fourth-order valence-corrected chi connectivity index (χ4v) is 5.31. The number of hydrogen-bond acceptors (Lipinski definition) is 7. The highest BCUT2D eigenvalue weighted by Gasteiger charge is 2.39. The highest BCUT2D eigenvalue weighted by atomic mass is 32.2. The van der Waals surface area contributed by atoms with Crippen LogP contribution in [0.1, 0.15) is 41.5 Å². The standard InChI is InChI=1S/C25H21FN6OS/c1-3-20-25(33)31(2)21-14-28-23(19-13-29-34-22(19)16-7-9-17(26)10-8-16)30-24(21)32(20)18-6-4-5-15(11-18)12-27/h4-11,13-14,19-20,22H,3H2,1-2H3. The molecule has 0 saturated carbocycles. The largest absolute Gasteiger partial charge is 0.312 e. The Kier molecular flexibility index (Phi) is 5.75. The first kappa shape index (κ1) is 22.0. The van der Waals surface area contributed by atoms with Gasteiger partial charge in [0.25, 0.3) is 0 Å². The Morgan fingerprint density at radius 1 is 1.21 bits per heavy atom. The Hall–Kier alpha value is -3.77. The van der Waals surface area contributed by atoms with E-state index in [0.717, 1.165) is 11.3 Å². The highest BCUT2D eigenvalue weighted by molar-refractivity contribution is 7.98. The van der Waals surface area contributed by atoms with Crippen LogP contribution in [-0.2, 0) is 4.79 Å². The molecule has 3 aromatic rings. The number of carbonyl (C=O) groups is 1. The molecule has 0 saturated heterocycles. The molecule has 1 amide bonds. The maximum absolute atomic E-state index is 13.5. The van der Waals surface area contributed by atoms with Crippen LogP contribution in [0.4, 0.5) is 21.6 Å². The maximum atomic E-state index is 13.5. The van der Waals surface area contributed by atoms with Crippen LogP contribution in [0.15, 0.2) is 59.1 Å². The van der Waals surface area contributed by atoms with Crippen molar-refractivity contribution in [3.05, 3.63) is 77.5 Å². The third-order valence-corrected chi connectivity index (χ3v) is 7.18. The number of halogens is 1. The average molecular weight is 473 g/mol. The van der Waals surface area contributed by atoms with Gasteiger partial charge in [0, 0.05) is 18.9 Å². The summed E-state index contributed by atoms with van der Waals surface area (Å²) in [7, 11) is 1.73. The molecule has 2 aliphatic rings. The number of amides is 1. The van der Waals surface area contributed by atoms with E-state index in [0.29, 0.717) is 29.3 Å². The zero-order chi connectivity index (χ0) is 23.8. The number of benzene rings is 2. The van der Waals surface area contributed by atoms with Crippen molar-refractivity contribution in [1.29, 1.82) is 5.26 Å². The molecule has 3 atom stereocenters. The van der Waals surface area contributed by atoms with Crippen LogP contribution < -0.4 is 9.80 Å². The number of fused-ring (bicyclic) bond motifs is 1. The van der Waals surface area contributed by atoms with Gasteiger partial charge in [-0.3, -0.25) is 4.79 Å². The SMILES string of the molecule is CCC1C(=O)N(C)c2cnc(C3C=NSC3c3ccc(F)cc3)nc2N1c1cccc(C#N)c1. The van der Waals surface area contributed by atoms with Gasteiger partial charge in [0.2, 0.25) is 5.91 Å². The van der Waals surface area contributed by atoms with E-state index in [-0.39, 0.29) is 22.9 Å². The number of anilines is 3. The second kappa shape index (κ2) is 8.88. The van der Waals surface area contributed by atoms with Gasteiger partial charge >= 0.3 is 0 Å². The van der Waals surface area contributed by atoms with E-state index < -0.39 is 6.04 Å². The lowest BCUT2D eigenvalue weighted by atomic mass is 9.98. The summed E-state index contributed by atoms with van der Waals surface area (Å²) in [6, 6.07) is 15.3. The molecule has 3 unspecified atom stereocenters. The van der Waals surface area contributed by atoms with Crippen LogP contribution >= 0.6 is 11.9 Å². The van der Waals surface area contributed by atoms with Gasteiger partial charge in [0.15, 0.2) is 5.82 Å². The molecule has 0 fully saturated rings. The Bertz CT molecular complexity index is 1320. The molecule has 0 bridgehead atoms. The molecule has 2 aliphatic heterocycles. The van der Waals surface area contributed by atoms with Crippen LogP contribution in [0.3, 0.4) is 0 Å². The number of nitrogens with zero attached hydrogens (tertiary/aromatic N) is 6. The van der Waals surface area contributed by atoms with Crippen molar-refractivity contribution >= 4 is 41.3 Å². The van der Waals surface area contributed by atoms with Gasteiger partial charge in [-0.1, -0.05) is 25.1 Å². The van der Waals surface area contributed by atoms with E-state index in [9.17, 15) is 14.4 Å². The second-order valence-corrected chi connectivity index (χ2v) is 9.08. The average Bonchev–Trinajstić information content (AvgIpc) is 3.36. The van der Waals surface area contributed by atoms with Crippen LogP contribution in [0.2, 0.25) is 0 Å². The van der Waals surface area contributed by atoms with Crippen molar-refractivity contribution in [3.8, 4) is 6.07 Å². The molecule has 9 heteroatoms. The summed E-state index contributed by atoms with van der Waals surface area (Å²) in [5.74, 6) is 0.618. The van der Waals surface area contributed by atoms with Crippen molar-refractivity contribution in [1.82, 2.24) is 9.97 Å². The molecule has 0 spiro atoms. The predicted octanol–water partition coefficient (Wildman–Crippen LogP) is 4.94. The first-order valence-corrected chi connectivity index (χ1v) is 11.7. The summed E-state index contributed by atoms with van der Waals surface area (Å²) < 4.78 is 17.9. The van der Waals surface area contributed by atoms with Crippen LogP contribution in [0.5, 0.6) is 0 Å². The summed E-state index contributed by atoms with van der Waals surface area (Å²) in [6.07, 6.45) is 4.05. The summed E-state index contributed by atoms with van der Waals surface area (Å²) >= 11 is 1.40. The smallest absolute Gasteiger partial charge is 0.250 e. The number of hydrogen-bond donors (Lipinski definition) is 0. The maximum Gasteiger partial charge on any atom is 0.250 e. The van der Waals surface area contributed by atoms with E-state index in [1.165, 1.54) is 24.1 Å². The van der Waals surface area contributed by atoms with E-state index in [4.69, 9.17) is 4.98 Å². The lowest BCUT2D eigenvalue weighted by molar-refractivity contribution is -0.119. The summed E-state index contributed by atoms with van der Waals surface area (Å²) in [6.45, 7) is 1.95. The summed E-state index contributed by atoms with van der Waals surface area (Å²) in [5.41, 5.74) is 2.77. The Labute approximate surface area is 201 Å². The first-order chi connectivity index (χ1) is 16.5. The molecular weight excluding hydrogens is 451 g/mol. The van der Waals surface area contributed by atoms with Gasteiger partial charge in [0.05, 0.1) is 29.0 Å². The Morgan fingerprint density at radius 2 is 2.00 bits per heavy atom. The number of nitriles is 1. The molecule has 34 heavy (non-hydrogen) atoms. The fraction of sp³-hybridized carbons (Fsp3) is 0.240. The fourth-order valence-electron chi connectivity index (χ4n) is 4.37. The molecule has 0 radical (unpaired) electrons. The van der Waals surface area contributed by atoms with Gasteiger partial charge in [-0.05, 0) is 54.3 Å². The third kappa shape index (κ3) is 3.70. The quantitative estimate of drug-likeness (QED) is 0.500. The van der Waals surface area contributed by atoms with Gasteiger partial charge in [0.1, 0.15) is 23.4 Å². The number of rotatable bonds is 4. The van der Waals surface area contributed by atoms with E-state index >= 15 is 0 Å². The highest BCUT2D eigenvalue weighted by Crippen LogP contribution is 2.46. The first-order valence-electron chi connectivity index (χ1n) is 10.9. The van der Waals surface area contributed by atoms with Crippen molar-refractivity contribution in [2.75, 3.05) is 16.8 Å². The minimum atomic E-state index is -0.464. The number of carbonyl (C=O) groups excluding carboxylic acids is 1. The normalized spacial score (nSPS) is 21.5. The monoisotopic (exact) mass is 472 g/mol. The topological polar surface area (TPSA) is 85.5 Å². The molecular formula is C25H21FN6OS. The minimum Gasteiger partial charge on any atom is -0.312 e. The van der Waals surface area contributed by atoms with E-state index in [1.807, 2.05) is 24.1 Å². The molecule has 170 valence electrons. The molecule has 2 aromatic carbocycles. The molecule has 1 aromatic heterocycles. The summed E-state index contributed by atoms with van der Waals surface area (Å²) in [5, 5.41) is 9.32. The van der Waals surface area contributed by atoms with Gasteiger partial charge in [-0.15, -0.1) is 0 Å². The predicted molar refractivity (Wildman–Crippen MR) is 131 cm³/mol. The second-order valence-electron chi connectivity index (χ2n) is 8.15. The third-order valence-electron chi connectivity index (χ3n) is 6.14. The molecule has 7 nitrogen and oxygen atoms in total. The molecule has 5 rings (SSSR count). The molecule has 0 N–H and O–H groups in total. The van der Waals surface area contributed by atoms with Gasteiger partial charge in [-0.25, -0.2) is 18.8 Å². The van der Waals surface area contributed by atoms with Crippen LogP contribution in [0.25, 0.3) is 0 Å². The van der Waals surface area contributed by atoms with Crippen molar-refractivity contribution in [3.63, 3.8) is 0 Å². The summed E-state index contributed by atoms with van der Waals surface area (Å²) in [4.78, 5) is 26.2. The van der Waals surface area contributed by atoms with Gasteiger partial charge < -0.3 is 9.80 Å². The van der Waals surface area contributed by atoms with Crippen molar-refractivity contribution < 1.29 is 9.18 Å². The van der Waals surface area contributed by atoms with Crippen LogP contribution in [0, 0.1) is 17.1 Å². The lowest BCUT2D eigenvalue weighted by Crippen LogP contribution is -2.50. The van der Waals surface area contributed by atoms with Crippen LogP contribution in [-0.4, -0.2) is 35.2 Å². The zero-order valence-electron chi connectivity index (χ0n) is 18.6. The van der Waals surface area contributed by atoms with Gasteiger partial charge in [-0.2, -0.15) is 5.26 Å². The van der Waals surface area contributed by atoms with Crippen molar-refractivity contribution in [2.45, 2.75) is 30.6 Å². The molecule has 0 aliphatic carbocycles. The Morgan fingerprint density at radius 3 is 2.74 bits per heavy atom. The molecule has 3 heterocycles. The number of likely N-dealkylation sites (N-methyl/N-ethyl adjacent to an activating group) is 1. The zero-order valence-corrected chi connectivity index (χ0v) is 19.4. The minimum absolute atomic E-state index is 0.0594. The lowest BCUT2D eigenvalue weighted by Gasteiger charge is -2.40. The van der Waals surface area contributed by atoms with E-state index in [1.54, 1.807) is 48.5 Å². The Balaban J connectivity index is 1.61. The van der Waals surface area contributed by atoms with Crippen molar-refractivity contribution in [2.24, 2.45) is 4.40 Å². The number of aromatic nitrogens is 2.